The third-order valence-electron chi connectivity index (χ3n) is 3.57. The third-order valence-corrected chi connectivity index (χ3v) is 4.35. The lowest BCUT2D eigenvalue weighted by Gasteiger charge is -2.22. The number of nitrogens with one attached hydrogen (secondary N) is 1. The number of hydrogen-bond donors (Lipinski definition) is 1. The first-order valence-electron chi connectivity index (χ1n) is 7.17. The summed E-state index contributed by atoms with van der Waals surface area (Å²) in [6.45, 7) is 1.56. The molecule has 0 atom stereocenters. The molecule has 1 saturated carbocycles. The Morgan fingerprint density at radius 2 is 1.70 bits per heavy atom. The normalized spacial score (nSPS) is 16.4. The molecule has 1 aliphatic carbocycles. The fourth-order valence-electron chi connectivity index (χ4n) is 2.53. The van der Waals surface area contributed by atoms with E-state index in [1.807, 2.05) is 0 Å². The van der Waals surface area contributed by atoms with Crippen LogP contribution in [0, 0.1) is 0 Å². The van der Waals surface area contributed by atoms with Crippen molar-refractivity contribution in [1.82, 2.24) is 5.32 Å². The Kier molecular flexibility index (Phi) is 6.76. The molecule has 0 aromatic heterocycles. The minimum Gasteiger partial charge on any atom is -0.490 e. The minimum atomic E-state index is 0.461. The maximum Gasteiger partial charge on any atom is 0.156 e. The van der Waals surface area contributed by atoms with Gasteiger partial charge in [0.2, 0.25) is 0 Å². The second-order valence-electron chi connectivity index (χ2n) is 5.19. The molecule has 1 N–H and O–H groups in total. The van der Waals surface area contributed by atoms with Crippen molar-refractivity contribution in [3.63, 3.8) is 0 Å². The van der Waals surface area contributed by atoms with Crippen LogP contribution in [0.5, 0.6) is 5.75 Å². The van der Waals surface area contributed by atoms with E-state index in [0.29, 0.717) is 33.5 Å². The summed E-state index contributed by atoms with van der Waals surface area (Å²) in [6.07, 6.45) is 7.63. The van der Waals surface area contributed by atoms with Gasteiger partial charge < -0.3 is 10.1 Å². The Hall–Kier alpha value is -0.150. The van der Waals surface area contributed by atoms with Gasteiger partial charge in [-0.2, -0.15) is 0 Å². The van der Waals surface area contributed by atoms with Gasteiger partial charge in [-0.3, -0.25) is 0 Å². The van der Waals surface area contributed by atoms with Crippen LogP contribution in [0.2, 0.25) is 15.1 Å². The van der Waals surface area contributed by atoms with Crippen LogP contribution in [-0.2, 0) is 0 Å². The molecule has 0 saturated heterocycles. The van der Waals surface area contributed by atoms with Gasteiger partial charge in [-0.25, -0.2) is 0 Å². The monoisotopic (exact) mass is 335 g/mol. The van der Waals surface area contributed by atoms with E-state index in [1.54, 1.807) is 12.1 Å². The van der Waals surface area contributed by atoms with Crippen molar-refractivity contribution in [3.8, 4) is 5.75 Å². The quantitative estimate of drug-likeness (QED) is 0.708. The first kappa shape index (κ1) is 16.2. The Morgan fingerprint density at radius 3 is 2.35 bits per heavy atom. The molecule has 112 valence electrons. The summed E-state index contributed by atoms with van der Waals surface area (Å²) >= 11 is 18.0. The van der Waals surface area contributed by atoms with Gasteiger partial charge in [0.1, 0.15) is 0 Å². The highest BCUT2D eigenvalue weighted by molar-refractivity contribution is 6.40. The molecule has 0 radical (unpaired) electrons. The van der Waals surface area contributed by atoms with Crippen LogP contribution in [-0.4, -0.2) is 19.2 Å². The Morgan fingerprint density at radius 1 is 1.05 bits per heavy atom. The number of rotatable bonds is 6. The SMILES string of the molecule is Clc1cc(Cl)c(OCCCNC2CCCCC2)c(Cl)c1. The molecule has 0 aliphatic heterocycles. The zero-order valence-electron chi connectivity index (χ0n) is 11.4. The number of hydrogen-bond acceptors (Lipinski definition) is 2. The molecule has 0 spiro atoms. The van der Waals surface area contributed by atoms with Gasteiger partial charge in [0, 0.05) is 11.1 Å². The maximum absolute atomic E-state index is 6.06. The lowest BCUT2D eigenvalue weighted by Crippen LogP contribution is -2.32. The fraction of sp³-hybridized carbons (Fsp3) is 0.600. The zero-order chi connectivity index (χ0) is 14.4. The predicted octanol–water partition coefficient (Wildman–Crippen LogP) is 5.34. The van der Waals surface area contributed by atoms with E-state index in [4.69, 9.17) is 39.5 Å². The van der Waals surface area contributed by atoms with Crippen molar-refractivity contribution in [2.75, 3.05) is 13.2 Å². The van der Waals surface area contributed by atoms with Crippen LogP contribution >= 0.6 is 34.8 Å². The highest BCUT2D eigenvalue weighted by Gasteiger charge is 2.12. The van der Waals surface area contributed by atoms with E-state index < -0.39 is 0 Å². The summed E-state index contributed by atoms with van der Waals surface area (Å²) < 4.78 is 5.65. The molecule has 0 amide bonds. The molecule has 20 heavy (non-hydrogen) atoms. The van der Waals surface area contributed by atoms with Gasteiger partial charge in [0.25, 0.3) is 0 Å². The molecule has 5 heteroatoms. The molecule has 0 heterocycles. The Bertz CT molecular complexity index is 410. The number of halogens is 3. The van der Waals surface area contributed by atoms with Gasteiger partial charge >= 0.3 is 0 Å². The maximum atomic E-state index is 6.06. The van der Waals surface area contributed by atoms with Crippen LogP contribution in [0.4, 0.5) is 0 Å². The van der Waals surface area contributed by atoms with E-state index in [9.17, 15) is 0 Å². The molecule has 1 aromatic carbocycles. The zero-order valence-corrected chi connectivity index (χ0v) is 13.7. The van der Waals surface area contributed by atoms with Gasteiger partial charge in [-0.05, 0) is 37.9 Å². The van der Waals surface area contributed by atoms with Gasteiger partial charge in [-0.15, -0.1) is 0 Å². The van der Waals surface area contributed by atoms with Crippen molar-refractivity contribution >= 4 is 34.8 Å². The fourth-order valence-corrected chi connectivity index (χ4v) is 3.45. The summed E-state index contributed by atoms with van der Waals surface area (Å²) in [4.78, 5) is 0. The molecule has 1 aliphatic rings. The van der Waals surface area contributed by atoms with E-state index in [2.05, 4.69) is 5.32 Å². The molecule has 2 rings (SSSR count). The van der Waals surface area contributed by atoms with Crippen LogP contribution in [0.1, 0.15) is 38.5 Å². The second-order valence-corrected chi connectivity index (χ2v) is 6.44. The third kappa shape index (κ3) is 5.00. The minimum absolute atomic E-state index is 0.461. The molecule has 1 fully saturated rings. The first-order chi connectivity index (χ1) is 9.66. The van der Waals surface area contributed by atoms with Gasteiger partial charge in [0.15, 0.2) is 5.75 Å². The predicted molar refractivity (Wildman–Crippen MR) is 86.5 cm³/mol. The average Bonchev–Trinajstić information content (AvgIpc) is 2.42. The smallest absolute Gasteiger partial charge is 0.156 e. The summed E-state index contributed by atoms with van der Waals surface area (Å²) in [5, 5.41) is 5.02. The molecule has 2 nitrogen and oxygen atoms in total. The van der Waals surface area contributed by atoms with Gasteiger partial charge in [-0.1, -0.05) is 54.1 Å². The highest BCUT2D eigenvalue weighted by Crippen LogP contribution is 2.35. The summed E-state index contributed by atoms with van der Waals surface area (Å²) in [7, 11) is 0. The number of ether oxygens (including phenoxy) is 1. The van der Waals surface area contributed by atoms with E-state index in [-0.39, 0.29) is 0 Å². The van der Waals surface area contributed by atoms with Crippen molar-refractivity contribution in [3.05, 3.63) is 27.2 Å². The standard InChI is InChI=1S/C15H20Cl3NO/c16-11-9-13(17)15(14(18)10-11)20-8-4-7-19-12-5-2-1-3-6-12/h9-10,12,19H,1-8H2. The summed E-state index contributed by atoms with van der Waals surface area (Å²) in [5.41, 5.74) is 0. The van der Waals surface area contributed by atoms with Crippen molar-refractivity contribution in [2.45, 2.75) is 44.6 Å². The van der Waals surface area contributed by atoms with Crippen LogP contribution in [0.15, 0.2) is 12.1 Å². The number of benzene rings is 1. The topological polar surface area (TPSA) is 21.3 Å². The van der Waals surface area contributed by atoms with Gasteiger partial charge in [0.05, 0.1) is 16.7 Å². The highest BCUT2D eigenvalue weighted by atomic mass is 35.5. The molecule has 0 bridgehead atoms. The Labute approximate surface area is 135 Å². The molecular weight excluding hydrogens is 317 g/mol. The lowest BCUT2D eigenvalue weighted by atomic mass is 9.95. The molecule has 0 unspecified atom stereocenters. The van der Waals surface area contributed by atoms with Crippen LogP contribution < -0.4 is 10.1 Å². The van der Waals surface area contributed by atoms with Crippen molar-refractivity contribution in [1.29, 1.82) is 0 Å². The molecular formula is C15H20Cl3NO. The first-order valence-corrected chi connectivity index (χ1v) is 8.31. The van der Waals surface area contributed by atoms with Crippen LogP contribution in [0.3, 0.4) is 0 Å². The largest absolute Gasteiger partial charge is 0.490 e. The summed E-state index contributed by atoms with van der Waals surface area (Å²) in [5.74, 6) is 0.524. The van der Waals surface area contributed by atoms with Crippen LogP contribution in [0.25, 0.3) is 0 Å². The van der Waals surface area contributed by atoms with E-state index in [0.717, 1.165) is 13.0 Å². The Balaban J connectivity index is 1.68. The average molecular weight is 337 g/mol. The van der Waals surface area contributed by atoms with Crippen molar-refractivity contribution < 1.29 is 4.74 Å². The molecule has 1 aromatic rings. The second kappa shape index (κ2) is 8.33. The van der Waals surface area contributed by atoms with E-state index >= 15 is 0 Å². The summed E-state index contributed by atoms with van der Waals surface area (Å²) in [6, 6.07) is 3.97. The van der Waals surface area contributed by atoms with E-state index in [1.165, 1.54) is 32.1 Å². The van der Waals surface area contributed by atoms with Crippen molar-refractivity contribution in [2.24, 2.45) is 0 Å². The lowest BCUT2D eigenvalue weighted by molar-refractivity contribution is 0.297.